The van der Waals surface area contributed by atoms with Crippen molar-refractivity contribution < 1.29 is 23.5 Å². The quantitative estimate of drug-likeness (QED) is 0.557. The lowest BCUT2D eigenvalue weighted by Crippen LogP contribution is -2.23. The fraction of sp³-hybridized carbons (Fsp3) is 0.130. The van der Waals surface area contributed by atoms with Crippen LogP contribution >= 0.6 is 15.9 Å². The maximum absolute atomic E-state index is 13.0. The summed E-state index contributed by atoms with van der Waals surface area (Å²) in [5, 5.41) is 5.63. The molecule has 0 radical (unpaired) electrons. The van der Waals surface area contributed by atoms with Crippen molar-refractivity contribution in [3.05, 3.63) is 87.6 Å². The van der Waals surface area contributed by atoms with Gasteiger partial charge in [-0.25, -0.2) is 4.39 Å². The lowest BCUT2D eigenvalue weighted by atomic mass is 10.1. The molecule has 0 saturated carbocycles. The van der Waals surface area contributed by atoms with Gasteiger partial charge in [-0.05, 0) is 70.0 Å². The zero-order chi connectivity index (χ0) is 21.8. The van der Waals surface area contributed by atoms with E-state index in [9.17, 15) is 14.0 Å². The second-order valence-corrected chi connectivity index (χ2v) is 7.68. The number of anilines is 1. The number of carbonyl (C=O) groups is 2. The molecule has 0 bridgehead atoms. The SMILES string of the molecule is O=C(NCc1cccc(NC(=O)c2ccc(F)cc2)c1)c1cc(Br)c2c(c1)OCCO2. The molecule has 158 valence electrons. The third-order valence-corrected chi connectivity index (χ3v) is 5.19. The van der Waals surface area contributed by atoms with Gasteiger partial charge in [-0.15, -0.1) is 0 Å². The molecule has 0 fully saturated rings. The molecule has 4 rings (SSSR count). The van der Waals surface area contributed by atoms with E-state index < -0.39 is 5.82 Å². The van der Waals surface area contributed by atoms with Gasteiger partial charge in [-0.1, -0.05) is 12.1 Å². The van der Waals surface area contributed by atoms with E-state index in [0.717, 1.165) is 5.56 Å². The fourth-order valence-corrected chi connectivity index (χ4v) is 3.65. The van der Waals surface area contributed by atoms with Gasteiger partial charge < -0.3 is 20.1 Å². The van der Waals surface area contributed by atoms with Gasteiger partial charge in [-0.2, -0.15) is 0 Å². The maximum atomic E-state index is 13.0. The normalized spacial score (nSPS) is 12.2. The average molecular weight is 485 g/mol. The summed E-state index contributed by atoms with van der Waals surface area (Å²) in [5.74, 6) is 0.101. The fourth-order valence-electron chi connectivity index (χ4n) is 3.09. The first-order valence-electron chi connectivity index (χ1n) is 9.53. The number of rotatable bonds is 5. The Morgan fingerprint density at radius 1 is 0.935 bits per heavy atom. The Morgan fingerprint density at radius 3 is 2.52 bits per heavy atom. The Balaban J connectivity index is 1.40. The number of nitrogens with one attached hydrogen (secondary N) is 2. The van der Waals surface area contributed by atoms with Crippen LogP contribution in [0.25, 0.3) is 0 Å². The Morgan fingerprint density at radius 2 is 1.71 bits per heavy atom. The van der Waals surface area contributed by atoms with Crippen LogP contribution in [-0.4, -0.2) is 25.0 Å². The number of hydrogen-bond acceptors (Lipinski definition) is 4. The first kappa shape index (κ1) is 20.9. The Labute approximate surface area is 186 Å². The van der Waals surface area contributed by atoms with Crippen molar-refractivity contribution in [2.45, 2.75) is 6.54 Å². The molecule has 1 heterocycles. The van der Waals surface area contributed by atoms with Crippen molar-refractivity contribution >= 4 is 33.4 Å². The van der Waals surface area contributed by atoms with E-state index in [-0.39, 0.29) is 18.4 Å². The van der Waals surface area contributed by atoms with Crippen LogP contribution < -0.4 is 20.1 Å². The molecule has 0 saturated heterocycles. The van der Waals surface area contributed by atoms with Gasteiger partial charge in [0.25, 0.3) is 11.8 Å². The van der Waals surface area contributed by atoms with Crippen LogP contribution in [0, 0.1) is 5.82 Å². The molecule has 31 heavy (non-hydrogen) atoms. The molecule has 1 aliphatic rings. The topological polar surface area (TPSA) is 76.7 Å². The van der Waals surface area contributed by atoms with Crippen LogP contribution in [0.15, 0.2) is 65.1 Å². The summed E-state index contributed by atoms with van der Waals surface area (Å²) in [7, 11) is 0. The number of ether oxygens (including phenoxy) is 2. The molecular formula is C23H18BrFN2O4. The summed E-state index contributed by atoms with van der Waals surface area (Å²) < 4.78 is 24.8. The van der Waals surface area contributed by atoms with Gasteiger partial charge in [0.1, 0.15) is 19.0 Å². The zero-order valence-electron chi connectivity index (χ0n) is 16.3. The number of hydrogen-bond donors (Lipinski definition) is 2. The standard InChI is InChI=1S/C23H18BrFN2O4/c24-19-11-16(12-20-21(19)31-9-8-30-20)22(28)26-13-14-2-1-3-18(10-14)27-23(29)15-4-6-17(25)7-5-15/h1-7,10-12H,8-9,13H2,(H,26,28)(H,27,29). The lowest BCUT2D eigenvalue weighted by Gasteiger charge is -2.20. The summed E-state index contributed by atoms with van der Waals surface area (Å²) in [4.78, 5) is 24.9. The summed E-state index contributed by atoms with van der Waals surface area (Å²) >= 11 is 3.41. The minimum Gasteiger partial charge on any atom is -0.486 e. The highest BCUT2D eigenvalue weighted by atomic mass is 79.9. The van der Waals surface area contributed by atoms with Crippen LogP contribution in [-0.2, 0) is 6.54 Å². The monoisotopic (exact) mass is 484 g/mol. The van der Waals surface area contributed by atoms with Crippen LogP contribution in [0.5, 0.6) is 11.5 Å². The lowest BCUT2D eigenvalue weighted by molar-refractivity contribution is 0.0948. The van der Waals surface area contributed by atoms with E-state index in [4.69, 9.17) is 9.47 Å². The third kappa shape index (κ3) is 5.03. The van der Waals surface area contributed by atoms with E-state index in [0.29, 0.717) is 46.0 Å². The number of carbonyl (C=O) groups excluding carboxylic acids is 2. The van der Waals surface area contributed by atoms with E-state index in [2.05, 4.69) is 26.6 Å². The molecule has 1 aliphatic heterocycles. The van der Waals surface area contributed by atoms with Crippen molar-refractivity contribution in [1.29, 1.82) is 0 Å². The van der Waals surface area contributed by atoms with E-state index in [1.807, 2.05) is 6.07 Å². The molecule has 0 aliphatic carbocycles. The Kier molecular flexibility index (Phi) is 6.18. The number of amides is 2. The molecule has 6 nitrogen and oxygen atoms in total. The number of halogens is 2. The first-order chi connectivity index (χ1) is 15.0. The smallest absolute Gasteiger partial charge is 0.255 e. The molecule has 0 spiro atoms. The molecule has 0 aromatic heterocycles. The second-order valence-electron chi connectivity index (χ2n) is 6.83. The molecule has 2 amide bonds. The predicted molar refractivity (Wildman–Crippen MR) is 117 cm³/mol. The maximum Gasteiger partial charge on any atom is 0.255 e. The Bertz CT molecular complexity index is 1130. The molecule has 8 heteroatoms. The predicted octanol–water partition coefficient (Wildman–Crippen LogP) is 4.54. The highest BCUT2D eigenvalue weighted by molar-refractivity contribution is 9.10. The zero-order valence-corrected chi connectivity index (χ0v) is 17.9. The molecule has 3 aromatic rings. The largest absolute Gasteiger partial charge is 0.486 e. The molecule has 2 N–H and O–H groups in total. The van der Waals surface area contributed by atoms with Crippen molar-refractivity contribution in [3.63, 3.8) is 0 Å². The second kappa shape index (κ2) is 9.18. The number of fused-ring (bicyclic) bond motifs is 1. The first-order valence-corrected chi connectivity index (χ1v) is 10.3. The third-order valence-electron chi connectivity index (χ3n) is 4.60. The van der Waals surface area contributed by atoms with Crippen molar-refractivity contribution in [1.82, 2.24) is 5.32 Å². The van der Waals surface area contributed by atoms with Gasteiger partial charge >= 0.3 is 0 Å². The highest BCUT2D eigenvalue weighted by Crippen LogP contribution is 2.38. The van der Waals surface area contributed by atoms with Crippen LogP contribution in [0.1, 0.15) is 26.3 Å². The van der Waals surface area contributed by atoms with E-state index >= 15 is 0 Å². The summed E-state index contributed by atoms with van der Waals surface area (Å²) in [6, 6.07) is 15.8. The van der Waals surface area contributed by atoms with Gasteiger partial charge in [0, 0.05) is 23.4 Å². The van der Waals surface area contributed by atoms with Crippen LogP contribution in [0.3, 0.4) is 0 Å². The highest BCUT2D eigenvalue weighted by Gasteiger charge is 2.19. The van der Waals surface area contributed by atoms with Gasteiger partial charge in [0.15, 0.2) is 11.5 Å². The van der Waals surface area contributed by atoms with Gasteiger partial charge in [0.05, 0.1) is 4.47 Å². The summed E-state index contributed by atoms with van der Waals surface area (Å²) in [5.41, 5.74) is 2.17. The molecule has 3 aromatic carbocycles. The van der Waals surface area contributed by atoms with Crippen molar-refractivity contribution in [2.24, 2.45) is 0 Å². The summed E-state index contributed by atoms with van der Waals surface area (Å²) in [6.07, 6.45) is 0. The van der Waals surface area contributed by atoms with Gasteiger partial charge in [-0.3, -0.25) is 9.59 Å². The van der Waals surface area contributed by atoms with Gasteiger partial charge in [0.2, 0.25) is 0 Å². The molecule has 0 atom stereocenters. The van der Waals surface area contributed by atoms with Crippen molar-refractivity contribution in [2.75, 3.05) is 18.5 Å². The summed E-state index contributed by atoms with van der Waals surface area (Å²) in [6.45, 7) is 1.16. The van der Waals surface area contributed by atoms with E-state index in [1.165, 1.54) is 24.3 Å². The molecule has 0 unspecified atom stereocenters. The molecular weight excluding hydrogens is 467 g/mol. The van der Waals surface area contributed by atoms with Crippen LogP contribution in [0.4, 0.5) is 10.1 Å². The van der Waals surface area contributed by atoms with Crippen LogP contribution in [0.2, 0.25) is 0 Å². The minimum atomic E-state index is -0.403. The van der Waals surface area contributed by atoms with Crippen molar-refractivity contribution in [3.8, 4) is 11.5 Å². The Hall–Kier alpha value is -3.39. The number of benzene rings is 3. The van der Waals surface area contributed by atoms with E-state index in [1.54, 1.807) is 30.3 Å². The minimum absolute atomic E-state index is 0.265. The average Bonchev–Trinajstić information content (AvgIpc) is 2.78.